The van der Waals surface area contributed by atoms with Crippen LogP contribution in [-0.2, 0) is 4.74 Å². The molecule has 0 unspecified atom stereocenters. The number of rotatable bonds is 13. The summed E-state index contributed by atoms with van der Waals surface area (Å²) in [5, 5.41) is 6.43. The van der Waals surface area contributed by atoms with Gasteiger partial charge in [-0.15, -0.1) is 0 Å². The molecule has 4 N–H and O–H groups in total. The van der Waals surface area contributed by atoms with Crippen LogP contribution in [0.15, 0.2) is 12.1 Å². The lowest BCUT2D eigenvalue weighted by molar-refractivity contribution is 0.00688. The molecule has 1 aliphatic rings. The number of hydrogen-bond donors (Lipinski definition) is 3. The van der Waals surface area contributed by atoms with Crippen molar-refractivity contribution in [1.29, 1.82) is 0 Å². The van der Waals surface area contributed by atoms with Crippen LogP contribution in [0.4, 0.5) is 10.5 Å². The van der Waals surface area contributed by atoms with Crippen molar-refractivity contribution < 1.29 is 19.1 Å². The molecule has 3 amide bonds. The van der Waals surface area contributed by atoms with Crippen molar-refractivity contribution >= 4 is 29.2 Å². The Morgan fingerprint density at radius 3 is 2.49 bits per heavy atom. The molecule has 198 valence electrons. The number of hydrogen-bond acceptors (Lipinski definition) is 6. The Balaban J connectivity index is 1.87. The van der Waals surface area contributed by atoms with E-state index in [1.165, 1.54) is 13.2 Å². The average Bonchev–Trinajstić information content (AvgIpc) is 2.86. The largest absolute Gasteiger partial charge is 0.496 e. The number of carbonyl (C=O) groups is 2. The number of nitrogens with zero attached hydrogens (tertiary/aromatic N) is 2. The standard InChI is InChI=1S/C25H42ClN5O4/c1-5-7-11-31(12-8-6-2)25(33)28-10-14-30-13-9-21(23(17-30)35-4)29-24(32)18-15-19(26)20(27)16-22(18)34-3/h15-16,21,23H,5-14,17,27H2,1-4H3,(H,28,33)(H,29,32)/t21-,23+/m0/s1. The number of piperidine rings is 1. The highest BCUT2D eigenvalue weighted by molar-refractivity contribution is 6.33. The van der Waals surface area contributed by atoms with Gasteiger partial charge in [-0.05, 0) is 25.3 Å². The van der Waals surface area contributed by atoms with E-state index in [1.807, 2.05) is 4.90 Å². The number of anilines is 1. The zero-order valence-electron chi connectivity index (χ0n) is 21.6. The second-order valence-electron chi connectivity index (χ2n) is 8.94. The van der Waals surface area contributed by atoms with Crippen LogP contribution in [0.1, 0.15) is 56.3 Å². The number of carbonyl (C=O) groups excluding carboxylic acids is 2. The molecular formula is C25H42ClN5O4. The van der Waals surface area contributed by atoms with Crippen LogP contribution < -0.4 is 21.1 Å². The fraction of sp³-hybridized carbons (Fsp3) is 0.680. The molecule has 9 nitrogen and oxygen atoms in total. The Kier molecular flexibility index (Phi) is 12.4. The summed E-state index contributed by atoms with van der Waals surface area (Å²) < 4.78 is 11.0. The number of ether oxygens (including phenoxy) is 2. The zero-order chi connectivity index (χ0) is 25.8. The van der Waals surface area contributed by atoms with Crippen LogP contribution in [0.25, 0.3) is 0 Å². The summed E-state index contributed by atoms with van der Waals surface area (Å²) in [4.78, 5) is 29.7. The van der Waals surface area contributed by atoms with Crippen molar-refractivity contribution in [3.05, 3.63) is 22.7 Å². The van der Waals surface area contributed by atoms with Gasteiger partial charge in [0.25, 0.3) is 5.91 Å². The molecule has 1 saturated heterocycles. The quantitative estimate of drug-likeness (QED) is 0.350. The predicted molar refractivity (Wildman–Crippen MR) is 140 cm³/mol. The number of nitrogens with one attached hydrogen (secondary N) is 2. The van der Waals surface area contributed by atoms with E-state index < -0.39 is 0 Å². The number of halogens is 1. The lowest BCUT2D eigenvalue weighted by Gasteiger charge is -2.38. The monoisotopic (exact) mass is 511 g/mol. The van der Waals surface area contributed by atoms with Gasteiger partial charge in [-0.1, -0.05) is 38.3 Å². The van der Waals surface area contributed by atoms with E-state index in [-0.39, 0.29) is 24.1 Å². The van der Waals surface area contributed by atoms with Gasteiger partial charge >= 0.3 is 6.03 Å². The molecule has 2 rings (SSSR count). The Morgan fingerprint density at radius 1 is 1.20 bits per heavy atom. The van der Waals surface area contributed by atoms with Crippen molar-refractivity contribution in [2.45, 2.75) is 58.1 Å². The topological polar surface area (TPSA) is 109 Å². The van der Waals surface area contributed by atoms with Crippen molar-refractivity contribution in [3.8, 4) is 5.75 Å². The maximum Gasteiger partial charge on any atom is 0.317 e. The molecule has 1 aromatic carbocycles. The number of amides is 3. The molecule has 10 heteroatoms. The summed E-state index contributed by atoms with van der Waals surface area (Å²) in [6, 6.07) is 2.93. The van der Waals surface area contributed by atoms with Gasteiger partial charge in [-0.2, -0.15) is 0 Å². The Hall–Kier alpha value is -2.23. The molecule has 0 aromatic heterocycles. The molecule has 0 radical (unpaired) electrons. The summed E-state index contributed by atoms with van der Waals surface area (Å²) in [5.74, 6) is 0.0919. The molecule has 0 saturated carbocycles. The number of urea groups is 1. The van der Waals surface area contributed by atoms with Crippen molar-refractivity contribution in [2.75, 3.05) is 59.2 Å². The minimum absolute atomic E-state index is 0.00782. The van der Waals surface area contributed by atoms with E-state index in [2.05, 4.69) is 29.4 Å². The van der Waals surface area contributed by atoms with Gasteiger partial charge in [0.2, 0.25) is 0 Å². The lowest BCUT2D eigenvalue weighted by atomic mass is 10.0. The van der Waals surface area contributed by atoms with Crippen molar-refractivity contribution in [2.24, 2.45) is 0 Å². The van der Waals surface area contributed by atoms with Crippen molar-refractivity contribution in [1.82, 2.24) is 20.4 Å². The van der Waals surface area contributed by atoms with Crippen LogP contribution >= 0.6 is 11.6 Å². The van der Waals surface area contributed by atoms with Crippen LogP contribution in [0.3, 0.4) is 0 Å². The summed E-state index contributed by atoms with van der Waals surface area (Å²) in [6.45, 7) is 8.60. The number of methoxy groups -OCH3 is 2. The van der Waals surface area contributed by atoms with Gasteiger partial charge < -0.3 is 30.7 Å². The van der Waals surface area contributed by atoms with Gasteiger partial charge in [0.15, 0.2) is 0 Å². The van der Waals surface area contributed by atoms with Crippen LogP contribution in [0.5, 0.6) is 5.75 Å². The van der Waals surface area contributed by atoms with E-state index in [0.717, 1.165) is 58.3 Å². The zero-order valence-corrected chi connectivity index (χ0v) is 22.3. The van der Waals surface area contributed by atoms with E-state index in [9.17, 15) is 9.59 Å². The predicted octanol–water partition coefficient (Wildman–Crippen LogP) is 3.36. The van der Waals surface area contributed by atoms with Crippen LogP contribution in [0, 0.1) is 0 Å². The summed E-state index contributed by atoms with van der Waals surface area (Å²) in [6.07, 6.45) is 4.71. The SMILES string of the molecule is CCCCN(CCCC)C(=O)NCCN1CC[C@H](NC(=O)c2cc(Cl)c(N)cc2OC)[C@H](OC)C1. The molecule has 0 spiro atoms. The van der Waals surface area contributed by atoms with E-state index in [0.29, 0.717) is 35.1 Å². The first kappa shape index (κ1) is 29.0. The molecule has 1 fully saturated rings. The van der Waals surface area contributed by atoms with Crippen LogP contribution in [0.2, 0.25) is 5.02 Å². The minimum atomic E-state index is -0.282. The van der Waals surface area contributed by atoms with Crippen molar-refractivity contribution in [3.63, 3.8) is 0 Å². The fourth-order valence-electron chi connectivity index (χ4n) is 4.19. The third-order valence-corrected chi connectivity index (χ3v) is 6.71. The number of likely N-dealkylation sites (tertiary alicyclic amines) is 1. The maximum atomic E-state index is 12.9. The van der Waals surface area contributed by atoms with Gasteiger partial charge in [0.1, 0.15) is 5.75 Å². The highest BCUT2D eigenvalue weighted by Gasteiger charge is 2.31. The van der Waals surface area contributed by atoms with Crippen LogP contribution in [-0.4, -0.2) is 87.4 Å². The molecule has 1 heterocycles. The first-order valence-electron chi connectivity index (χ1n) is 12.6. The minimum Gasteiger partial charge on any atom is -0.496 e. The third-order valence-electron chi connectivity index (χ3n) is 6.38. The number of benzene rings is 1. The average molecular weight is 512 g/mol. The summed E-state index contributed by atoms with van der Waals surface area (Å²) in [7, 11) is 3.14. The summed E-state index contributed by atoms with van der Waals surface area (Å²) >= 11 is 6.12. The second-order valence-corrected chi connectivity index (χ2v) is 9.35. The maximum absolute atomic E-state index is 12.9. The van der Waals surface area contributed by atoms with E-state index in [1.54, 1.807) is 13.2 Å². The number of nitrogens with two attached hydrogens (primary N) is 1. The van der Waals surface area contributed by atoms with Gasteiger partial charge in [0, 0.05) is 52.4 Å². The molecule has 1 aliphatic heterocycles. The fourth-order valence-corrected chi connectivity index (χ4v) is 4.36. The van der Waals surface area contributed by atoms with Gasteiger partial charge in [-0.3, -0.25) is 9.69 Å². The molecule has 0 bridgehead atoms. The molecule has 2 atom stereocenters. The first-order valence-corrected chi connectivity index (χ1v) is 12.9. The normalized spacial score (nSPS) is 18.2. The van der Waals surface area contributed by atoms with E-state index in [4.69, 9.17) is 26.8 Å². The molecule has 0 aliphatic carbocycles. The highest BCUT2D eigenvalue weighted by Crippen LogP contribution is 2.29. The second kappa shape index (κ2) is 15.0. The Bertz CT molecular complexity index is 817. The highest BCUT2D eigenvalue weighted by atomic mass is 35.5. The first-order chi connectivity index (χ1) is 16.8. The third kappa shape index (κ3) is 8.74. The Labute approximate surface area is 214 Å². The molecular weight excluding hydrogens is 470 g/mol. The number of nitrogen functional groups attached to an aromatic ring is 1. The lowest BCUT2D eigenvalue weighted by Crippen LogP contribution is -2.56. The molecule has 35 heavy (non-hydrogen) atoms. The van der Waals surface area contributed by atoms with Gasteiger partial charge in [0.05, 0.1) is 35.5 Å². The summed E-state index contributed by atoms with van der Waals surface area (Å²) in [5.41, 5.74) is 6.52. The Morgan fingerprint density at radius 2 is 1.89 bits per heavy atom. The van der Waals surface area contributed by atoms with E-state index >= 15 is 0 Å². The van der Waals surface area contributed by atoms with Gasteiger partial charge in [-0.25, -0.2) is 4.79 Å². The number of unbranched alkanes of at least 4 members (excludes halogenated alkanes) is 2. The smallest absolute Gasteiger partial charge is 0.317 e. The molecule has 1 aromatic rings.